The second-order valence-electron chi connectivity index (χ2n) is 4.15. The molecule has 0 bridgehead atoms. The third-order valence-electron chi connectivity index (χ3n) is 2.93. The average molecular weight is 205 g/mol. The molecule has 1 saturated heterocycles. The van der Waals surface area contributed by atoms with E-state index in [9.17, 15) is 0 Å². The van der Waals surface area contributed by atoms with Crippen molar-refractivity contribution >= 4 is 5.69 Å². The van der Waals surface area contributed by atoms with Gasteiger partial charge in [-0.2, -0.15) is 0 Å². The summed E-state index contributed by atoms with van der Waals surface area (Å²) in [6.45, 7) is 7.19. The van der Waals surface area contributed by atoms with Gasteiger partial charge < -0.3 is 9.64 Å². The summed E-state index contributed by atoms with van der Waals surface area (Å²) in [7, 11) is 0. The Labute approximate surface area is 91.9 Å². The molecule has 1 fully saturated rings. The Kier molecular flexibility index (Phi) is 3.27. The molecule has 1 aliphatic rings. The van der Waals surface area contributed by atoms with Crippen molar-refractivity contribution in [2.75, 3.05) is 24.6 Å². The molecule has 1 aromatic carbocycles. The second-order valence-corrected chi connectivity index (χ2v) is 4.15. The summed E-state index contributed by atoms with van der Waals surface area (Å²) in [4.78, 5) is 2.41. The molecule has 15 heavy (non-hydrogen) atoms. The zero-order valence-electron chi connectivity index (χ0n) is 9.57. The molecule has 1 aliphatic heterocycles. The van der Waals surface area contributed by atoms with E-state index >= 15 is 0 Å². The van der Waals surface area contributed by atoms with Crippen LogP contribution in [0.2, 0.25) is 0 Å². The van der Waals surface area contributed by atoms with Gasteiger partial charge in [0.05, 0.1) is 12.7 Å². The van der Waals surface area contributed by atoms with Crippen LogP contribution in [0.3, 0.4) is 0 Å². The van der Waals surface area contributed by atoms with Crippen LogP contribution in [0, 0.1) is 0 Å². The molecule has 2 nitrogen and oxygen atoms in total. The van der Waals surface area contributed by atoms with Crippen LogP contribution in [-0.2, 0) is 11.2 Å². The molecule has 0 radical (unpaired) electrons. The maximum Gasteiger partial charge on any atom is 0.0722 e. The van der Waals surface area contributed by atoms with Gasteiger partial charge in [-0.1, -0.05) is 19.1 Å². The van der Waals surface area contributed by atoms with E-state index in [4.69, 9.17) is 4.74 Å². The number of nitrogens with zero attached hydrogens (tertiary/aromatic N) is 1. The lowest BCUT2D eigenvalue weighted by atomic mass is 10.1. The molecular formula is C13H19NO. The predicted octanol–water partition coefficient (Wildman–Crippen LogP) is 2.47. The highest BCUT2D eigenvalue weighted by Gasteiger charge is 2.16. The molecule has 0 aromatic heterocycles. The maximum atomic E-state index is 5.54. The van der Waals surface area contributed by atoms with Crippen molar-refractivity contribution in [2.24, 2.45) is 0 Å². The molecule has 0 saturated carbocycles. The van der Waals surface area contributed by atoms with Crippen LogP contribution in [-0.4, -0.2) is 25.8 Å². The first-order chi connectivity index (χ1) is 7.29. The monoisotopic (exact) mass is 205 g/mol. The number of ether oxygens (including phenoxy) is 1. The molecule has 1 heterocycles. The SMILES string of the molecule is CCc1cccc(N2CCOC(C)C2)c1. The Balaban J connectivity index is 2.13. The number of aryl methyl sites for hydroxylation is 1. The Bertz CT molecular complexity index is 324. The Hall–Kier alpha value is -1.02. The van der Waals surface area contributed by atoms with Gasteiger partial charge in [-0.3, -0.25) is 0 Å². The molecule has 0 aliphatic carbocycles. The first-order valence-electron chi connectivity index (χ1n) is 5.75. The zero-order chi connectivity index (χ0) is 10.7. The van der Waals surface area contributed by atoms with Crippen molar-refractivity contribution in [3.8, 4) is 0 Å². The van der Waals surface area contributed by atoms with Crippen LogP contribution in [0.15, 0.2) is 24.3 Å². The van der Waals surface area contributed by atoms with Crippen molar-refractivity contribution in [3.63, 3.8) is 0 Å². The van der Waals surface area contributed by atoms with Gasteiger partial charge in [0.25, 0.3) is 0 Å². The molecule has 1 unspecified atom stereocenters. The van der Waals surface area contributed by atoms with Crippen LogP contribution in [0.25, 0.3) is 0 Å². The number of hydrogen-bond donors (Lipinski definition) is 0. The summed E-state index contributed by atoms with van der Waals surface area (Å²) in [5.74, 6) is 0. The van der Waals surface area contributed by atoms with E-state index in [-0.39, 0.29) is 0 Å². The lowest BCUT2D eigenvalue weighted by molar-refractivity contribution is 0.0532. The van der Waals surface area contributed by atoms with Crippen molar-refractivity contribution in [1.82, 2.24) is 0 Å². The summed E-state index contributed by atoms with van der Waals surface area (Å²) in [6.07, 6.45) is 1.46. The summed E-state index contributed by atoms with van der Waals surface area (Å²) in [5, 5.41) is 0. The van der Waals surface area contributed by atoms with Crippen LogP contribution in [0.4, 0.5) is 5.69 Å². The highest BCUT2D eigenvalue weighted by molar-refractivity contribution is 5.49. The molecule has 0 spiro atoms. The molecule has 2 heteroatoms. The fourth-order valence-electron chi connectivity index (χ4n) is 2.03. The quantitative estimate of drug-likeness (QED) is 0.735. The van der Waals surface area contributed by atoms with Crippen molar-refractivity contribution in [3.05, 3.63) is 29.8 Å². The largest absolute Gasteiger partial charge is 0.375 e. The number of morpholine rings is 1. The van der Waals surface area contributed by atoms with Gasteiger partial charge in [-0.15, -0.1) is 0 Å². The highest BCUT2D eigenvalue weighted by Crippen LogP contribution is 2.19. The molecule has 0 amide bonds. The summed E-state index contributed by atoms with van der Waals surface area (Å²) in [5.41, 5.74) is 2.75. The van der Waals surface area contributed by atoms with E-state index in [1.165, 1.54) is 11.3 Å². The van der Waals surface area contributed by atoms with E-state index in [1.807, 2.05) is 0 Å². The van der Waals surface area contributed by atoms with Crippen LogP contribution < -0.4 is 4.90 Å². The Morgan fingerprint density at radius 3 is 3.07 bits per heavy atom. The van der Waals surface area contributed by atoms with E-state index in [2.05, 4.69) is 43.0 Å². The maximum absolute atomic E-state index is 5.54. The van der Waals surface area contributed by atoms with Crippen LogP contribution >= 0.6 is 0 Å². The van der Waals surface area contributed by atoms with Gasteiger partial charge in [0, 0.05) is 18.8 Å². The minimum Gasteiger partial charge on any atom is -0.375 e. The van der Waals surface area contributed by atoms with Gasteiger partial charge in [0.15, 0.2) is 0 Å². The van der Waals surface area contributed by atoms with Gasteiger partial charge >= 0.3 is 0 Å². The Morgan fingerprint density at radius 2 is 2.33 bits per heavy atom. The standard InChI is InChI=1S/C13H19NO/c1-3-12-5-4-6-13(9-12)14-7-8-15-11(2)10-14/h4-6,9,11H,3,7-8,10H2,1-2H3. The highest BCUT2D eigenvalue weighted by atomic mass is 16.5. The minimum absolute atomic E-state index is 0.351. The number of anilines is 1. The van der Waals surface area contributed by atoms with Crippen LogP contribution in [0.5, 0.6) is 0 Å². The topological polar surface area (TPSA) is 12.5 Å². The Morgan fingerprint density at radius 1 is 1.47 bits per heavy atom. The third-order valence-corrected chi connectivity index (χ3v) is 2.93. The van der Waals surface area contributed by atoms with Gasteiger partial charge in [0.1, 0.15) is 0 Å². The van der Waals surface area contributed by atoms with Crippen molar-refractivity contribution in [2.45, 2.75) is 26.4 Å². The fourth-order valence-corrected chi connectivity index (χ4v) is 2.03. The second kappa shape index (κ2) is 4.67. The molecule has 0 N–H and O–H groups in total. The fraction of sp³-hybridized carbons (Fsp3) is 0.538. The normalized spacial score (nSPS) is 21.7. The zero-order valence-corrected chi connectivity index (χ0v) is 9.57. The number of benzene rings is 1. The van der Waals surface area contributed by atoms with Gasteiger partial charge in [0.2, 0.25) is 0 Å². The lowest BCUT2D eigenvalue weighted by Crippen LogP contribution is -2.41. The first-order valence-corrected chi connectivity index (χ1v) is 5.75. The summed E-state index contributed by atoms with van der Waals surface area (Å²) >= 11 is 0. The van der Waals surface area contributed by atoms with E-state index < -0.39 is 0 Å². The molecular weight excluding hydrogens is 186 g/mol. The van der Waals surface area contributed by atoms with E-state index in [0.29, 0.717) is 6.10 Å². The van der Waals surface area contributed by atoms with Gasteiger partial charge in [-0.05, 0) is 31.0 Å². The third kappa shape index (κ3) is 2.51. The van der Waals surface area contributed by atoms with Crippen molar-refractivity contribution in [1.29, 1.82) is 0 Å². The number of hydrogen-bond acceptors (Lipinski definition) is 2. The minimum atomic E-state index is 0.351. The van der Waals surface area contributed by atoms with E-state index in [1.54, 1.807) is 0 Å². The lowest BCUT2D eigenvalue weighted by Gasteiger charge is -2.33. The molecule has 1 atom stereocenters. The average Bonchev–Trinajstić information content (AvgIpc) is 2.29. The smallest absolute Gasteiger partial charge is 0.0722 e. The summed E-state index contributed by atoms with van der Waals surface area (Å²) < 4.78 is 5.54. The van der Waals surface area contributed by atoms with Crippen molar-refractivity contribution < 1.29 is 4.74 Å². The number of rotatable bonds is 2. The van der Waals surface area contributed by atoms with E-state index in [0.717, 1.165) is 26.1 Å². The molecule has 82 valence electrons. The van der Waals surface area contributed by atoms with Crippen LogP contribution in [0.1, 0.15) is 19.4 Å². The molecule has 2 rings (SSSR count). The summed E-state index contributed by atoms with van der Waals surface area (Å²) in [6, 6.07) is 8.82. The first kappa shape index (κ1) is 10.5. The van der Waals surface area contributed by atoms with Gasteiger partial charge in [-0.25, -0.2) is 0 Å². The predicted molar refractivity (Wildman–Crippen MR) is 63.4 cm³/mol. The molecule has 1 aromatic rings.